The van der Waals surface area contributed by atoms with Crippen LogP contribution in [-0.4, -0.2) is 33.8 Å². The number of halogens is 2. The third-order valence-corrected chi connectivity index (χ3v) is 6.76. The number of aryl methyl sites for hydroxylation is 2. The molecule has 1 amide bonds. The second-order valence-electron chi connectivity index (χ2n) is 7.70. The van der Waals surface area contributed by atoms with E-state index in [-0.39, 0.29) is 24.6 Å². The van der Waals surface area contributed by atoms with Crippen LogP contribution in [0.2, 0.25) is 0 Å². The summed E-state index contributed by atoms with van der Waals surface area (Å²) in [4.78, 5) is 28.3. The number of hydrogen-bond acceptors (Lipinski definition) is 5. The Morgan fingerprint density at radius 3 is 2.69 bits per heavy atom. The Morgan fingerprint density at radius 1 is 1.19 bits per heavy atom. The Labute approximate surface area is 187 Å². The third-order valence-electron chi connectivity index (χ3n) is 5.65. The fraction of sp³-hybridized carbons (Fsp3) is 0.318. The Morgan fingerprint density at radius 2 is 1.97 bits per heavy atom. The van der Waals surface area contributed by atoms with E-state index in [0.29, 0.717) is 18.8 Å². The second-order valence-corrected chi connectivity index (χ2v) is 8.87. The highest BCUT2D eigenvalue weighted by molar-refractivity contribution is 7.15. The molecule has 0 aliphatic carbocycles. The Hall–Kier alpha value is -3.11. The van der Waals surface area contributed by atoms with Gasteiger partial charge in [0.1, 0.15) is 5.82 Å². The zero-order valence-electron chi connectivity index (χ0n) is 17.8. The first-order chi connectivity index (χ1) is 15.3. The molecule has 3 heterocycles. The monoisotopic (exact) mass is 459 g/mol. The van der Waals surface area contributed by atoms with Crippen molar-refractivity contribution in [3.63, 3.8) is 0 Å². The average molecular weight is 460 g/mol. The highest BCUT2D eigenvalue weighted by atomic mass is 32.1. The topological polar surface area (TPSA) is 86.1 Å². The van der Waals surface area contributed by atoms with E-state index in [0.717, 1.165) is 37.7 Å². The molecule has 1 aromatic carbocycles. The molecule has 0 radical (unpaired) electrons. The molecule has 168 valence electrons. The number of amides is 1. The number of rotatable bonds is 6. The number of carbonyl (C=O) groups excluding carboxylic acids is 1. The first-order valence-electron chi connectivity index (χ1n) is 10.1. The summed E-state index contributed by atoms with van der Waals surface area (Å²) in [6, 6.07) is 10.0. The fourth-order valence-corrected chi connectivity index (χ4v) is 4.79. The summed E-state index contributed by atoms with van der Waals surface area (Å²) in [5.41, 5.74) is 7.71. The van der Waals surface area contributed by atoms with Gasteiger partial charge < -0.3 is 10.6 Å². The molecule has 3 aromatic rings. The van der Waals surface area contributed by atoms with Gasteiger partial charge in [0.15, 0.2) is 0 Å². The highest BCUT2D eigenvalue weighted by Crippen LogP contribution is 2.34. The number of aromatic nitrogens is 3. The van der Waals surface area contributed by atoms with Gasteiger partial charge in [0.05, 0.1) is 13.1 Å². The molecule has 2 N–H and O–H groups in total. The van der Waals surface area contributed by atoms with Crippen molar-refractivity contribution >= 4 is 22.9 Å². The minimum Gasteiger partial charge on any atom is -0.327 e. The van der Waals surface area contributed by atoms with Gasteiger partial charge in [-0.2, -0.15) is 13.9 Å². The minimum atomic E-state index is -1.88. The van der Waals surface area contributed by atoms with E-state index >= 15 is 0 Å². The van der Waals surface area contributed by atoms with E-state index in [1.54, 1.807) is 30.2 Å². The number of carbonyl (C=O) groups is 1. The molecule has 0 saturated heterocycles. The summed E-state index contributed by atoms with van der Waals surface area (Å²) >= 11 is 1.56. The molecule has 10 heteroatoms. The SMILES string of the molecule is Cc1nn(CC(CN)=C(F)F)c(=O)n1Cc1ccc(-c2ccc3c(c2)CCC(=O)N3C)s1. The molecule has 2 aromatic heterocycles. The van der Waals surface area contributed by atoms with Gasteiger partial charge in [-0.15, -0.1) is 11.3 Å². The van der Waals surface area contributed by atoms with Crippen LogP contribution < -0.4 is 16.3 Å². The molecule has 7 nitrogen and oxygen atoms in total. The maximum absolute atomic E-state index is 12.9. The van der Waals surface area contributed by atoms with Gasteiger partial charge in [-0.05, 0) is 48.7 Å². The minimum absolute atomic E-state index is 0.119. The fourth-order valence-electron chi connectivity index (χ4n) is 3.80. The van der Waals surface area contributed by atoms with Crippen molar-refractivity contribution in [2.75, 3.05) is 18.5 Å². The zero-order valence-corrected chi connectivity index (χ0v) is 18.6. The highest BCUT2D eigenvalue weighted by Gasteiger charge is 2.21. The number of anilines is 1. The molecular weight excluding hydrogens is 436 g/mol. The molecule has 1 aliphatic heterocycles. The average Bonchev–Trinajstić information content (AvgIpc) is 3.34. The van der Waals surface area contributed by atoms with Crippen molar-refractivity contribution in [2.45, 2.75) is 32.9 Å². The molecule has 0 saturated carbocycles. The number of nitrogens with two attached hydrogens (primary N) is 1. The number of hydrogen-bond donors (Lipinski definition) is 1. The van der Waals surface area contributed by atoms with Crippen molar-refractivity contribution in [1.82, 2.24) is 14.3 Å². The molecule has 1 aliphatic rings. The van der Waals surface area contributed by atoms with E-state index in [9.17, 15) is 18.4 Å². The van der Waals surface area contributed by atoms with Crippen LogP contribution in [0.15, 0.2) is 46.8 Å². The Bertz CT molecular complexity index is 1270. The van der Waals surface area contributed by atoms with Crippen molar-refractivity contribution in [3.8, 4) is 10.4 Å². The lowest BCUT2D eigenvalue weighted by Gasteiger charge is -2.26. The zero-order chi connectivity index (χ0) is 23.0. The van der Waals surface area contributed by atoms with Gasteiger partial charge in [-0.1, -0.05) is 6.07 Å². The smallest absolute Gasteiger partial charge is 0.327 e. The Kier molecular flexibility index (Phi) is 6.07. The lowest BCUT2D eigenvalue weighted by molar-refractivity contribution is -0.118. The van der Waals surface area contributed by atoms with Crippen LogP contribution in [0, 0.1) is 6.92 Å². The maximum Gasteiger partial charge on any atom is 0.346 e. The van der Waals surface area contributed by atoms with Crippen LogP contribution in [0.1, 0.15) is 22.7 Å². The van der Waals surface area contributed by atoms with Crippen molar-refractivity contribution < 1.29 is 13.6 Å². The van der Waals surface area contributed by atoms with E-state index in [1.807, 2.05) is 24.3 Å². The first-order valence-corrected chi connectivity index (χ1v) is 11.0. The van der Waals surface area contributed by atoms with Crippen LogP contribution in [0.3, 0.4) is 0 Å². The van der Waals surface area contributed by atoms with Crippen LogP contribution in [0.25, 0.3) is 10.4 Å². The number of benzene rings is 1. The van der Waals surface area contributed by atoms with Crippen LogP contribution in [0.4, 0.5) is 14.5 Å². The standard InChI is InChI=1S/C22H23F2N5O2S/c1-13-26-29(11-16(10-25)21(23)24)22(31)28(13)12-17-5-7-19(32-17)15-3-6-18-14(9-15)4-8-20(30)27(18)2/h3,5-7,9H,4,8,10-12,25H2,1-2H3. The van der Waals surface area contributed by atoms with Crippen molar-refractivity contribution in [2.24, 2.45) is 5.73 Å². The third kappa shape index (κ3) is 4.15. The molecule has 4 rings (SSSR count). The van der Waals surface area contributed by atoms with Crippen molar-refractivity contribution in [1.29, 1.82) is 0 Å². The lowest BCUT2D eigenvalue weighted by atomic mass is 9.99. The predicted octanol–water partition coefficient (Wildman–Crippen LogP) is 3.15. The second kappa shape index (κ2) is 8.79. The van der Waals surface area contributed by atoms with Crippen LogP contribution in [0.5, 0.6) is 0 Å². The predicted molar refractivity (Wildman–Crippen MR) is 120 cm³/mol. The summed E-state index contributed by atoms with van der Waals surface area (Å²) < 4.78 is 28.3. The normalized spacial score (nSPS) is 13.4. The Balaban J connectivity index is 1.57. The molecule has 0 spiro atoms. The first kappa shape index (κ1) is 22.1. The van der Waals surface area contributed by atoms with E-state index < -0.39 is 11.8 Å². The molecule has 32 heavy (non-hydrogen) atoms. The molecule has 0 atom stereocenters. The summed E-state index contributed by atoms with van der Waals surface area (Å²) in [6.07, 6.45) is -0.658. The number of fused-ring (bicyclic) bond motifs is 1. The molecule has 0 bridgehead atoms. The number of nitrogens with zero attached hydrogens (tertiary/aromatic N) is 4. The van der Waals surface area contributed by atoms with E-state index in [1.165, 1.54) is 4.57 Å². The summed E-state index contributed by atoms with van der Waals surface area (Å²) in [7, 11) is 1.79. The van der Waals surface area contributed by atoms with E-state index in [2.05, 4.69) is 11.2 Å². The van der Waals surface area contributed by atoms with Gasteiger partial charge >= 0.3 is 5.69 Å². The van der Waals surface area contributed by atoms with E-state index in [4.69, 9.17) is 5.73 Å². The maximum atomic E-state index is 12.9. The van der Waals surface area contributed by atoms with Gasteiger partial charge in [-0.3, -0.25) is 9.36 Å². The molecular formula is C22H23F2N5O2S. The lowest BCUT2D eigenvalue weighted by Crippen LogP contribution is -2.30. The summed E-state index contributed by atoms with van der Waals surface area (Å²) in [5, 5.41) is 4.12. The summed E-state index contributed by atoms with van der Waals surface area (Å²) in [6.45, 7) is 1.32. The van der Waals surface area contributed by atoms with Gasteiger partial charge in [0.25, 0.3) is 6.08 Å². The molecule has 0 unspecified atom stereocenters. The van der Waals surface area contributed by atoms with Crippen LogP contribution >= 0.6 is 11.3 Å². The quantitative estimate of drug-likeness (QED) is 0.614. The van der Waals surface area contributed by atoms with Gasteiger partial charge in [0, 0.05) is 41.0 Å². The summed E-state index contributed by atoms with van der Waals surface area (Å²) in [5.74, 6) is 0.565. The van der Waals surface area contributed by atoms with Crippen molar-refractivity contribution in [3.05, 3.63) is 68.7 Å². The molecule has 0 fully saturated rings. The number of thiophene rings is 1. The van der Waals surface area contributed by atoms with Gasteiger partial charge in [0.2, 0.25) is 5.91 Å². The van der Waals surface area contributed by atoms with Crippen LogP contribution in [-0.2, 0) is 24.3 Å². The van der Waals surface area contributed by atoms with Gasteiger partial charge in [-0.25, -0.2) is 9.48 Å². The largest absolute Gasteiger partial charge is 0.346 e.